The van der Waals surface area contributed by atoms with Crippen molar-refractivity contribution in [2.75, 3.05) is 11.9 Å². The van der Waals surface area contributed by atoms with Crippen molar-refractivity contribution < 1.29 is 5.11 Å². The van der Waals surface area contributed by atoms with Gasteiger partial charge in [-0.2, -0.15) is 0 Å². The summed E-state index contributed by atoms with van der Waals surface area (Å²) in [4.78, 5) is 0. The summed E-state index contributed by atoms with van der Waals surface area (Å²) in [5, 5.41) is 21.3. The van der Waals surface area contributed by atoms with Gasteiger partial charge in [-0.1, -0.05) is 12.1 Å². The summed E-state index contributed by atoms with van der Waals surface area (Å²) in [7, 11) is 0. The molecule has 1 aromatic carbocycles. The van der Waals surface area contributed by atoms with Crippen LogP contribution in [0.15, 0.2) is 18.2 Å². The molecule has 2 aromatic rings. The summed E-state index contributed by atoms with van der Waals surface area (Å²) in [6, 6.07) is 5.44. The van der Waals surface area contributed by atoms with Crippen LogP contribution >= 0.6 is 0 Å². The number of benzene rings is 1. The maximum Gasteiger partial charge on any atom is 0.224 e. The number of nitrogens with one attached hydrogen (secondary N) is 1. The molecule has 0 radical (unpaired) electrons. The van der Waals surface area contributed by atoms with Gasteiger partial charge in [0.2, 0.25) is 5.95 Å². The molecule has 0 saturated heterocycles. The maximum absolute atomic E-state index is 9.76. The predicted molar refractivity (Wildman–Crippen MR) is 71.7 cm³/mol. The zero-order valence-corrected chi connectivity index (χ0v) is 10.9. The third-order valence-electron chi connectivity index (χ3n) is 2.95. The fourth-order valence-corrected chi connectivity index (χ4v) is 1.96. The average Bonchev–Trinajstić information content (AvgIpc) is 2.76. The first-order valence-corrected chi connectivity index (χ1v) is 6.15. The lowest BCUT2D eigenvalue weighted by Gasteiger charge is -2.10. The topological polar surface area (TPSA) is 63.0 Å². The quantitative estimate of drug-likeness (QED) is 0.869. The number of hydrogen-bond donors (Lipinski definition) is 2. The Bertz CT molecular complexity index is 548. The Hall–Kier alpha value is -2.04. The van der Waals surface area contributed by atoms with Gasteiger partial charge in [-0.3, -0.25) is 4.57 Å². The standard InChI is InChI=1S/C13H18N4O/c1-4-14-13-16-15-12(17(13)5-2)10-7-6-8-11(18)9(10)3/h6-8,18H,4-5H2,1-3H3,(H,14,16). The molecule has 0 aliphatic heterocycles. The normalized spacial score (nSPS) is 10.6. The first-order chi connectivity index (χ1) is 8.69. The first-order valence-electron chi connectivity index (χ1n) is 6.15. The number of anilines is 1. The zero-order valence-electron chi connectivity index (χ0n) is 10.9. The van der Waals surface area contributed by atoms with E-state index in [0.29, 0.717) is 0 Å². The van der Waals surface area contributed by atoms with Crippen molar-refractivity contribution in [3.63, 3.8) is 0 Å². The molecule has 0 bridgehead atoms. The van der Waals surface area contributed by atoms with Gasteiger partial charge in [0.1, 0.15) is 5.75 Å². The summed E-state index contributed by atoms with van der Waals surface area (Å²) in [6.07, 6.45) is 0. The molecule has 0 atom stereocenters. The van der Waals surface area contributed by atoms with Crippen LogP contribution in [0.2, 0.25) is 0 Å². The van der Waals surface area contributed by atoms with Crippen LogP contribution in [-0.2, 0) is 6.54 Å². The summed E-state index contributed by atoms with van der Waals surface area (Å²) < 4.78 is 2.01. The summed E-state index contributed by atoms with van der Waals surface area (Å²) >= 11 is 0. The van der Waals surface area contributed by atoms with Crippen molar-refractivity contribution in [1.29, 1.82) is 0 Å². The minimum atomic E-state index is 0.281. The molecular formula is C13H18N4O. The molecule has 0 saturated carbocycles. The van der Waals surface area contributed by atoms with Crippen LogP contribution in [0.4, 0.5) is 5.95 Å². The zero-order chi connectivity index (χ0) is 13.1. The van der Waals surface area contributed by atoms with E-state index in [0.717, 1.165) is 36.0 Å². The second kappa shape index (κ2) is 5.08. The van der Waals surface area contributed by atoms with Gasteiger partial charge in [-0.25, -0.2) is 0 Å². The summed E-state index contributed by atoms with van der Waals surface area (Å²) in [6.45, 7) is 7.53. The Morgan fingerprint density at radius 1 is 1.28 bits per heavy atom. The molecule has 96 valence electrons. The molecule has 0 unspecified atom stereocenters. The molecule has 0 fully saturated rings. The predicted octanol–water partition coefficient (Wildman–Crippen LogP) is 2.41. The second-order valence-electron chi connectivity index (χ2n) is 4.07. The molecule has 18 heavy (non-hydrogen) atoms. The van der Waals surface area contributed by atoms with Gasteiger partial charge in [0.15, 0.2) is 5.82 Å². The van der Waals surface area contributed by atoms with E-state index in [9.17, 15) is 5.11 Å². The number of phenols is 1. The van der Waals surface area contributed by atoms with E-state index in [1.807, 2.05) is 37.5 Å². The number of hydrogen-bond acceptors (Lipinski definition) is 4. The van der Waals surface area contributed by atoms with Gasteiger partial charge in [-0.15, -0.1) is 10.2 Å². The van der Waals surface area contributed by atoms with E-state index in [-0.39, 0.29) is 5.75 Å². The van der Waals surface area contributed by atoms with Gasteiger partial charge in [0, 0.05) is 24.2 Å². The van der Waals surface area contributed by atoms with Crippen LogP contribution in [-0.4, -0.2) is 26.4 Å². The van der Waals surface area contributed by atoms with E-state index in [1.54, 1.807) is 6.07 Å². The SMILES string of the molecule is CCNc1nnc(-c2cccc(O)c2C)n1CC. The van der Waals surface area contributed by atoms with Gasteiger partial charge >= 0.3 is 0 Å². The lowest BCUT2D eigenvalue weighted by molar-refractivity contribution is 0.471. The minimum absolute atomic E-state index is 0.281. The number of phenolic OH excluding ortho intramolecular Hbond substituents is 1. The lowest BCUT2D eigenvalue weighted by Crippen LogP contribution is -2.07. The van der Waals surface area contributed by atoms with Crippen molar-refractivity contribution in [3.05, 3.63) is 23.8 Å². The molecule has 5 nitrogen and oxygen atoms in total. The highest BCUT2D eigenvalue weighted by Crippen LogP contribution is 2.29. The van der Waals surface area contributed by atoms with Crippen LogP contribution in [0, 0.1) is 6.92 Å². The molecule has 1 heterocycles. The second-order valence-corrected chi connectivity index (χ2v) is 4.07. The van der Waals surface area contributed by atoms with Gasteiger partial charge in [0.25, 0.3) is 0 Å². The molecule has 0 aliphatic carbocycles. The largest absolute Gasteiger partial charge is 0.508 e. The molecule has 5 heteroatoms. The smallest absolute Gasteiger partial charge is 0.224 e. The van der Waals surface area contributed by atoms with E-state index in [1.165, 1.54) is 0 Å². The lowest BCUT2D eigenvalue weighted by atomic mass is 10.1. The monoisotopic (exact) mass is 246 g/mol. The molecule has 0 aliphatic rings. The molecule has 0 spiro atoms. The Morgan fingerprint density at radius 2 is 2.06 bits per heavy atom. The third-order valence-corrected chi connectivity index (χ3v) is 2.95. The Morgan fingerprint density at radius 3 is 2.72 bits per heavy atom. The van der Waals surface area contributed by atoms with Crippen molar-refractivity contribution in [1.82, 2.24) is 14.8 Å². The van der Waals surface area contributed by atoms with Gasteiger partial charge in [-0.05, 0) is 26.8 Å². The van der Waals surface area contributed by atoms with Crippen LogP contribution in [0.3, 0.4) is 0 Å². The number of aromatic nitrogens is 3. The van der Waals surface area contributed by atoms with Gasteiger partial charge < -0.3 is 10.4 Å². The fraction of sp³-hybridized carbons (Fsp3) is 0.385. The van der Waals surface area contributed by atoms with Crippen molar-refractivity contribution in [2.24, 2.45) is 0 Å². The van der Waals surface area contributed by atoms with Crippen molar-refractivity contribution in [2.45, 2.75) is 27.3 Å². The van der Waals surface area contributed by atoms with E-state index >= 15 is 0 Å². The molecule has 2 N–H and O–H groups in total. The summed E-state index contributed by atoms with van der Waals surface area (Å²) in [5.41, 5.74) is 1.73. The first kappa shape index (κ1) is 12.4. The minimum Gasteiger partial charge on any atom is -0.508 e. The summed E-state index contributed by atoms with van der Waals surface area (Å²) in [5.74, 6) is 1.82. The molecule has 1 aromatic heterocycles. The average molecular weight is 246 g/mol. The Balaban J connectivity index is 2.53. The Labute approximate surface area is 106 Å². The van der Waals surface area contributed by atoms with E-state index in [2.05, 4.69) is 15.5 Å². The van der Waals surface area contributed by atoms with Crippen LogP contribution in [0.5, 0.6) is 5.75 Å². The molecule has 0 amide bonds. The highest BCUT2D eigenvalue weighted by atomic mass is 16.3. The third kappa shape index (κ3) is 2.03. The van der Waals surface area contributed by atoms with E-state index in [4.69, 9.17) is 0 Å². The molecular weight excluding hydrogens is 228 g/mol. The van der Waals surface area contributed by atoms with Crippen LogP contribution in [0.1, 0.15) is 19.4 Å². The number of nitrogens with zero attached hydrogens (tertiary/aromatic N) is 3. The molecule has 2 rings (SSSR count). The van der Waals surface area contributed by atoms with E-state index < -0.39 is 0 Å². The highest BCUT2D eigenvalue weighted by Gasteiger charge is 2.14. The number of rotatable bonds is 4. The van der Waals surface area contributed by atoms with Gasteiger partial charge in [0.05, 0.1) is 0 Å². The maximum atomic E-state index is 9.76. The van der Waals surface area contributed by atoms with Crippen molar-refractivity contribution >= 4 is 5.95 Å². The fourth-order valence-electron chi connectivity index (χ4n) is 1.96. The van der Waals surface area contributed by atoms with Crippen LogP contribution < -0.4 is 5.32 Å². The Kier molecular flexibility index (Phi) is 3.50. The highest BCUT2D eigenvalue weighted by molar-refractivity contribution is 5.65. The van der Waals surface area contributed by atoms with Crippen LogP contribution in [0.25, 0.3) is 11.4 Å². The number of aromatic hydroxyl groups is 1. The van der Waals surface area contributed by atoms with Crippen molar-refractivity contribution in [3.8, 4) is 17.1 Å².